The van der Waals surface area contributed by atoms with Crippen molar-refractivity contribution < 1.29 is 0 Å². The molecule has 2 bridgehead atoms. The first-order chi connectivity index (χ1) is 7.34. The number of anilines is 1. The van der Waals surface area contributed by atoms with Crippen LogP contribution in [0.2, 0.25) is 0 Å². The highest BCUT2D eigenvalue weighted by Crippen LogP contribution is 2.37. The summed E-state index contributed by atoms with van der Waals surface area (Å²) in [6.07, 6.45) is 6.43. The van der Waals surface area contributed by atoms with Gasteiger partial charge in [-0.05, 0) is 43.6 Å². The normalized spacial score (nSPS) is 35.5. The van der Waals surface area contributed by atoms with Crippen LogP contribution in [-0.2, 0) is 0 Å². The third-order valence-electron chi connectivity index (χ3n) is 3.82. The zero-order valence-corrected chi connectivity index (χ0v) is 9.75. The maximum Gasteiger partial charge on any atom is 0.0479 e. The van der Waals surface area contributed by atoms with Crippen molar-refractivity contribution in [2.45, 2.75) is 50.2 Å². The van der Waals surface area contributed by atoms with E-state index in [1.54, 1.807) is 11.3 Å². The SMILES string of the molecule is NC1CC2CCCC(C1)N2c1ccsc1. The van der Waals surface area contributed by atoms with E-state index < -0.39 is 0 Å². The molecule has 3 heterocycles. The van der Waals surface area contributed by atoms with E-state index in [4.69, 9.17) is 5.73 Å². The van der Waals surface area contributed by atoms with E-state index in [9.17, 15) is 0 Å². The molecule has 0 aromatic carbocycles. The van der Waals surface area contributed by atoms with Gasteiger partial charge in [-0.1, -0.05) is 0 Å². The summed E-state index contributed by atoms with van der Waals surface area (Å²) >= 11 is 1.80. The van der Waals surface area contributed by atoms with Crippen molar-refractivity contribution in [1.29, 1.82) is 0 Å². The molecule has 2 saturated heterocycles. The lowest BCUT2D eigenvalue weighted by atomic mass is 9.82. The van der Waals surface area contributed by atoms with Crippen LogP contribution in [0.3, 0.4) is 0 Å². The summed E-state index contributed by atoms with van der Waals surface area (Å²) in [5, 5.41) is 4.46. The van der Waals surface area contributed by atoms with Gasteiger partial charge >= 0.3 is 0 Å². The Morgan fingerprint density at radius 2 is 2.00 bits per heavy atom. The van der Waals surface area contributed by atoms with Gasteiger partial charge in [0.25, 0.3) is 0 Å². The molecule has 82 valence electrons. The largest absolute Gasteiger partial charge is 0.365 e. The fraction of sp³-hybridized carbons (Fsp3) is 0.667. The van der Waals surface area contributed by atoms with Gasteiger partial charge in [0.15, 0.2) is 0 Å². The van der Waals surface area contributed by atoms with Crippen LogP contribution >= 0.6 is 11.3 Å². The highest BCUT2D eigenvalue weighted by atomic mass is 32.1. The molecule has 2 N–H and O–H groups in total. The molecule has 0 saturated carbocycles. The lowest BCUT2D eigenvalue weighted by Crippen LogP contribution is -2.55. The smallest absolute Gasteiger partial charge is 0.0479 e. The fourth-order valence-electron chi connectivity index (χ4n) is 3.25. The van der Waals surface area contributed by atoms with Gasteiger partial charge in [-0.2, -0.15) is 11.3 Å². The molecule has 2 fully saturated rings. The molecule has 1 aromatic rings. The van der Waals surface area contributed by atoms with E-state index >= 15 is 0 Å². The summed E-state index contributed by atoms with van der Waals surface area (Å²) in [7, 11) is 0. The first-order valence-electron chi connectivity index (χ1n) is 5.90. The number of rotatable bonds is 1. The van der Waals surface area contributed by atoms with Crippen molar-refractivity contribution in [2.75, 3.05) is 4.90 Å². The first-order valence-corrected chi connectivity index (χ1v) is 6.85. The molecular formula is C12H18N2S. The molecule has 2 unspecified atom stereocenters. The van der Waals surface area contributed by atoms with E-state index in [2.05, 4.69) is 21.7 Å². The highest BCUT2D eigenvalue weighted by molar-refractivity contribution is 7.08. The molecule has 2 aliphatic rings. The summed E-state index contributed by atoms with van der Waals surface area (Å²) in [6.45, 7) is 0. The van der Waals surface area contributed by atoms with Crippen LogP contribution in [0.25, 0.3) is 0 Å². The molecule has 1 aromatic heterocycles. The summed E-state index contributed by atoms with van der Waals surface area (Å²) < 4.78 is 0. The van der Waals surface area contributed by atoms with Crippen molar-refractivity contribution in [3.8, 4) is 0 Å². The Hall–Kier alpha value is -0.540. The third kappa shape index (κ3) is 1.68. The first kappa shape index (κ1) is 9.67. The van der Waals surface area contributed by atoms with Crippen LogP contribution in [0.5, 0.6) is 0 Å². The Labute approximate surface area is 95.1 Å². The van der Waals surface area contributed by atoms with Crippen LogP contribution in [0.1, 0.15) is 32.1 Å². The fourth-order valence-corrected chi connectivity index (χ4v) is 3.89. The molecule has 0 spiro atoms. The maximum atomic E-state index is 6.12. The van der Waals surface area contributed by atoms with Crippen LogP contribution in [0, 0.1) is 0 Å². The molecule has 2 atom stereocenters. The zero-order valence-electron chi connectivity index (χ0n) is 8.93. The Bertz CT molecular complexity index is 308. The van der Waals surface area contributed by atoms with Crippen LogP contribution in [0.15, 0.2) is 16.8 Å². The second-order valence-electron chi connectivity index (χ2n) is 4.86. The van der Waals surface area contributed by atoms with Crippen molar-refractivity contribution in [1.82, 2.24) is 0 Å². The molecule has 15 heavy (non-hydrogen) atoms. The Morgan fingerprint density at radius 3 is 2.60 bits per heavy atom. The topological polar surface area (TPSA) is 29.3 Å². The lowest BCUT2D eigenvalue weighted by molar-refractivity contribution is 0.271. The average Bonchev–Trinajstić information content (AvgIpc) is 2.68. The minimum Gasteiger partial charge on any atom is -0.365 e. The second kappa shape index (κ2) is 3.80. The van der Waals surface area contributed by atoms with Crippen molar-refractivity contribution in [3.05, 3.63) is 16.8 Å². The predicted molar refractivity (Wildman–Crippen MR) is 65.4 cm³/mol. The molecule has 0 radical (unpaired) electrons. The van der Waals surface area contributed by atoms with E-state index in [0.29, 0.717) is 18.1 Å². The van der Waals surface area contributed by atoms with Gasteiger partial charge in [0, 0.05) is 29.2 Å². The molecule has 0 amide bonds. The Kier molecular flexibility index (Phi) is 2.45. The van der Waals surface area contributed by atoms with E-state index in [1.807, 2.05) is 0 Å². The monoisotopic (exact) mass is 222 g/mol. The standard InChI is InChI=1S/C12H18N2S/c13-9-6-10-2-1-3-11(7-9)14(10)12-4-5-15-8-12/h4-5,8-11H,1-3,6-7,13H2. The number of nitrogens with two attached hydrogens (primary N) is 1. The molecule has 3 rings (SSSR count). The summed E-state index contributed by atoms with van der Waals surface area (Å²) in [5.74, 6) is 0. The van der Waals surface area contributed by atoms with Crippen LogP contribution in [-0.4, -0.2) is 18.1 Å². The summed E-state index contributed by atoms with van der Waals surface area (Å²) in [4.78, 5) is 2.64. The predicted octanol–water partition coefficient (Wildman–Crippen LogP) is 2.60. The maximum absolute atomic E-state index is 6.12. The number of piperidine rings is 2. The van der Waals surface area contributed by atoms with E-state index in [0.717, 1.165) is 0 Å². The average molecular weight is 222 g/mol. The van der Waals surface area contributed by atoms with Crippen LogP contribution in [0.4, 0.5) is 5.69 Å². The highest BCUT2D eigenvalue weighted by Gasteiger charge is 2.37. The number of nitrogens with zero attached hydrogens (tertiary/aromatic N) is 1. The summed E-state index contributed by atoms with van der Waals surface area (Å²) in [5.41, 5.74) is 7.55. The van der Waals surface area contributed by atoms with Gasteiger partial charge in [-0.3, -0.25) is 0 Å². The Balaban J connectivity index is 1.88. The minimum absolute atomic E-state index is 0.440. The molecule has 2 nitrogen and oxygen atoms in total. The second-order valence-corrected chi connectivity index (χ2v) is 5.64. The lowest BCUT2D eigenvalue weighted by Gasteiger charge is -2.49. The van der Waals surface area contributed by atoms with Gasteiger partial charge in [0.1, 0.15) is 0 Å². The van der Waals surface area contributed by atoms with Gasteiger partial charge in [0.05, 0.1) is 0 Å². The van der Waals surface area contributed by atoms with Crippen molar-refractivity contribution >= 4 is 17.0 Å². The number of hydrogen-bond acceptors (Lipinski definition) is 3. The van der Waals surface area contributed by atoms with Gasteiger partial charge in [0.2, 0.25) is 0 Å². The van der Waals surface area contributed by atoms with Gasteiger partial charge in [-0.25, -0.2) is 0 Å². The molecule has 0 aliphatic carbocycles. The Morgan fingerprint density at radius 1 is 1.27 bits per heavy atom. The number of fused-ring (bicyclic) bond motifs is 2. The quantitative estimate of drug-likeness (QED) is 0.791. The van der Waals surface area contributed by atoms with Crippen LogP contribution < -0.4 is 10.6 Å². The number of thiophene rings is 1. The van der Waals surface area contributed by atoms with E-state index in [-0.39, 0.29) is 0 Å². The van der Waals surface area contributed by atoms with Gasteiger partial charge < -0.3 is 10.6 Å². The van der Waals surface area contributed by atoms with Crippen molar-refractivity contribution in [2.24, 2.45) is 5.73 Å². The molecular weight excluding hydrogens is 204 g/mol. The minimum atomic E-state index is 0.440. The third-order valence-corrected chi connectivity index (χ3v) is 4.49. The molecule has 3 heteroatoms. The molecule has 2 aliphatic heterocycles. The van der Waals surface area contributed by atoms with Gasteiger partial charge in [-0.15, -0.1) is 0 Å². The van der Waals surface area contributed by atoms with E-state index in [1.165, 1.54) is 37.8 Å². The van der Waals surface area contributed by atoms with Crippen molar-refractivity contribution in [3.63, 3.8) is 0 Å². The summed E-state index contributed by atoms with van der Waals surface area (Å²) in [6, 6.07) is 4.12. The zero-order chi connectivity index (χ0) is 10.3. The number of hydrogen-bond donors (Lipinski definition) is 1.